The summed E-state index contributed by atoms with van der Waals surface area (Å²) in [4.78, 5) is 0. The first-order valence-electron chi connectivity index (χ1n) is 9.93. The molecule has 0 atom stereocenters. The minimum absolute atomic E-state index is 0.720. The van der Waals surface area contributed by atoms with E-state index in [1.807, 2.05) is 42.5 Å². The summed E-state index contributed by atoms with van der Waals surface area (Å²) in [5, 5.41) is 0. The van der Waals surface area contributed by atoms with Crippen LogP contribution in [0.3, 0.4) is 0 Å². The number of ether oxygens (including phenoxy) is 2. The van der Waals surface area contributed by atoms with Gasteiger partial charge in [-0.2, -0.15) is 0 Å². The fraction of sp³-hybridized carbons (Fsp3) is 0.280. The molecular formula is C25H26O2. The van der Waals surface area contributed by atoms with Crippen LogP contribution in [0.2, 0.25) is 0 Å². The molecule has 2 heteroatoms. The topological polar surface area (TPSA) is 18.5 Å². The highest BCUT2D eigenvalue weighted by Crippen LogP contribution is 2.28. The second-order valence-electron chi connectivity index (χ2n) is 7.28. The summed E-state index contributed by atoms with van der Waals surface area (Å²) in [6, 6.07) is 26.5. The molecule has 0 unspecified atom stereocenters. The Morgan fingerprint density at radius 3 is 1.81 bits per heavy atom. The van der Waals surface area contributed by atoms with E-state index < -0.39 is 0 Å². The van der Waals surface area contributed by atoms with E-state index in [0.29, 0.717) is 0 Å². The van der Waals surface area contributed by atoms with Gasteiger partial charge in [-0.25, -0.2) is 0 Å². The van der Waals surface area contributed by atoms with Crippen molar-refractivity contribution in [2.24, 2.45) is 5.92 Å². The quantitative estimate of drug-likeness (QED) is 0.467. The highest BCUT2D eigenvalue weighted by molar-refractivity contribution is 5.64. The number of hydrogen-bond acceptors (Lipinski definition) is 2. The van der Waals surface area contributed by atoms with E-state index in [4.69, 9.17) is 9.47 Å². The van der Waals surface area contributed by atoms with Crippen LogP contribution in [0.4, 0.5) is 0 Å². The average molecular weight is 358 g/mol. The van der Waals surface area contributed by atoms with Gasteiger partial charge in [0.05, 0.1) is 6.61 Å². The van der Waals surface area contributed by atoms with Gasteiger partial charge in [-0.15, -0.1) is 0 Å². The zero-order valence-electron chi connectivity index (χ0n) is 15.6. The predicted molar refractivity (Wildman–Crippen MR) is 110 cm³/mol. The van der Waals surface area contributed by atoms with E-state index >= 15 is 0 Å². The minimum atomic E-state index is 0.720. The van der Waals surface area contributed by atoms with Crippen molar-refractivity contribution in [3.05, 3.63) is 78.9 Å². The predicted octanol–water partition coefficient (Wildman–Crippen LogP) is 7.11. The molecule has 27 heavy (non-hydrogen) atoms. The Kier molecular flexibility index (Phi) is 5.73. The third-order valence-corrected chi connectivity index (χ3v) is 5.23. The van der Waals surface area contributed by atoms with Gasteiger partial charge >= 0.3 is 0 Å². The summed E-state index contributed by atoms with van der Waals surface area (Å²) >= 11 is 0. The van der Waals surface area contributed by atoms with Crippen molar-refractivity contribution in [1.29, 1.82) is 0 Å². The van der Waals surface area contributed by atoms with Gasteiger partial charge in [-0.1, -0.05) is 61.7 Å². The molecule has 0 spiro atoms. The first-order chi connectivity index (χ1) is 13.4. The molecule has 1 aliphatic carbocycles. The normalized spacial score (nSPS) is 14.7. The van der Waals surface area contributed by atoms with Gasteiger partial charge < -0.3 is 9.47 Å². The highest BCUT2D eigenvalue weighted by Gasteiger charge is 2.13. The molecule has 0 heterocycles. The molecule has 0 aliphatic heterocycles. The summed E-state index contributed by atoms with van der Waals surface area (Å²) in [7, 11) is 0. The van der Waals surface area contributed by atoms with Crippen molar-refractivity contribution >= 4 is 0 Å². The number of benzene rings is 3. The fourth-order valence-electron chi connectivity index (χ4n) is 3.65. The van der Waals surface area contributed by atoms with Crippen LogP contribution in [0.15, 0.2) is 78.9 Å². The second-order valence-corrected chi connectivity index (χ2v) is 7.28. The molecule has 1 saturated carbocycles. The second kappa shape index (κ2) is 8.77. The summed E-state index contributed by atoms with van der Waals surface area (Å²) in [5.74, 6) is 3.31. The summed E-state index contributed by atoms with van der Waals surface area (Å²) in [6.45, 7) is 0.834. The van der Waals surface area contributed by atoms with Gasteiger partial charge in [0.2, 0.25) is 0 Å². The van der Waals surface area contributed by atoms with Crippen molar-refractivity contribution in [3.63, 3.8) is 0 Å². The van der Waals surface area contributed by atoms with E-state index in [1.54, 1.807) is 0 Å². The number of rotatable bonds is 6. The molecule has 0 N–H and O–H groups in total. The number of hydrogen-bond donors (Lipinski definition) is 0. The highest BCUT2D eigenvalue weighted by atomic mass is 16.5. The third-order valence-electron chi connectivity index (χ3n) is 5.23. The zero-order chi connectivity index (χ0) is 18.3. The summed E-state index contributed by atoms with van der Waals surface area (Å²) in [6.07, 6.45) is 6.70. The summed E-state index contributed by atoms with van der Waals surface area (Å²) < 4.78 is 11.9. The Labute approximate surface area is 161 Å². The molecule has 0 saturated heterocycles. The Morgan fingerprint density at radius 1 is 0.593 bits per heavy atom. The largest absolute Gasteiger partial charge is 0.493 e. The van der Waals surface area contributed by atoms with Crippen LogP contribution in [-0.4, -0.2) is 6.61 Å². The van der Waals surface area contributed by atoms with Crippen LogP contribution in [-0.2, 0) is 0 Å². The van der Waals surface area contributed by atoms with Gasteiger partial charge in [0.15, 0.2) is 0 Å². The van der Waals surface area contributed by atoms with Crippen LogP contribution in [0.1, 0.15) is 32.1 Å². The van der Waals surface area contributed by atoms with Crippen molar-refractivity contribution < 1.29 is 9.47 Å². The first kappa shape index (κ1) is 17.7. The zero-order valence-corrected chi connectivity index (χ0v) is 15.6. The van der Waals surface area contributed by atoms with E-state index in [-0.39, 0.29) is 0 Å². The fourth-order valence-corrected chi connectivity index (χ4v) is 3.65. The molecule has 138 valence electrons. The molecule has 1 aliphatic rings. The van der Waals surface area contributed by atoms with Crippen LogP contribution in [0, 0.1) is 5.92 Å². The van der Waals surface area contributed by atoms with Gasteiger partial charge in [0.25, 0.3) is 0 Å². The lowest BCUT2D eigenvalue weighted by molar-refractivity contribution is 0.208. The Bertz CT molecular complexity index is 816. The maximum atomic E-state index is 5.96. The molecular weight excluding hydrogens is 332 g/mol. The standard InChI is InChI=1S/C25H26O2/c1-3-7-20(8-4-1)19-26-23-15-17-25(18-16-23)27-24-13-11-22(12-14-24)21-9-5-2-6-10-21/h2,5-6,9-18,20H,1,3-4,7-8,19H2. The van der Waals surface area contributed by atoms with Crippen LogP contribution >= 0.6 is 0 Å². The monoisotopic (exact) mass is 358 g/mol. The van der Waals surface area contributed by atoms with Crippen LogP contribution < -0.4 is 9.47 Å². The molecule has 3 aromatic carbocycles. The maximum Gasteiger partial charge on any atom is 0.127 e. The molecule has 0 radical (unpaired) electrons. The van der Waals surface area contributed by atoms with Gasteiger partial charge in [0.1, 0.15) is 17.2 Å². The molecule has 1 fully saturated rings. The Hall–Kier alpha value is -2.74. The van der Waals surface area contributed by atoms with Crippen molar-refractivity contribution in [2.75, 3.05) is 6.61 Å². The smallest absolute Gasteiger partial charge is 0.127 e. The van der Waals surface area contributed by atoms with Gasteiger partial charge in [0, 0.05) is 0 Å². The van der Waals surface area contributed by atoms with Gasteiger partial charge in [-0.3, -0.25) is 0 Å². The van der Waals surface area contributed by atoms with Crippen molar-refractivity contribution in [3.8, 4) is 28.4 Å². The lowest BCUT2D eigenvalue weighted by atomic mass is 9.90. The molecule has 2 nitrogen and oxygen atoms in total. The first-order valence-corrected chi connectivity index (χ1v) is 9.93. The minimum Gasteiger partial charge on any atom is -0.493 e. The molecule has 0 bridgehead atoms. The van der Waals surface area contributed by atoms with Crippen molar-refractivity contribution in [1.82, 2.24) is 0 Å². The van der Waals surface area contributed by atoms with E-state index in [0.717, 1.165) is 29.8 Å². The van der Waals surface area contributed by atoms with Crippen LogP contribution in [0.25, 0.3) is 11.1 Å². The molecule has 4 rings (SSSR count). The van der Waals surface area contributed by atoms with E-state index in [2.05, 4.69) is 36.4 Å². The SMILES string of the molecule is c1ccc(-c2ccc(Oc3ccc(OCC4CCCCC4)cc3)cc2)cc1. The average Bonchev–Trinajstić information content (AvgIpc) is 2.75. The van der Waals surface area contributed by atoms with E-state index in [1.165, 1.54) is 43.2 Å². The lowest BCUT2D eigenvalue weighted by Gasteiger charge is -2.21. The third kappa shape index (κ3) is 4.91. The molecule has 3 aromatic rings. The molecule has 0 amide bonds. The van der Waals surface area contributed by atoms with E-state index in [9.17, 15) is 0 Å². The molecule has 0 aromatic heterocycles. The van der Waals surface area contributed by atoms with Gasteiger partial charge in [-0.05, 0) is 66.3 Å². The summed E-state index contributed by atoms with van der Waals surface area (Å²) in [5.41, 5.74) is 2.40. The Balaban J connectivity index is 1.32. The maximum absolute atomic E-state index is 5.96. The van der Waals surface area contributed by atoms with Crippen molar-refractivity contribution in [2.45, 2.75) is 32.1 Å². The lowest BCUT2D eigenvalue weighted by Crippen LogP contribution is -2.15. The Morgan fingerprint density at radius 2 is 1.15 bits per heavy atom. The van der Waals surface area contributed by atoms with Crippen LogP contribution in [0.5, 0.6) is 17.2 Å².